The molecule has 3 rings (SSSR count). The average Bonchev–Trinajstić information content (AvgIpc) is 2.61. The zero-order chi connectivity index (χ0) is 21.1. The highest BCUT2D eigenvalue weighted by Gasteiger charge is 2.39. The molecular weight excluding hydrogens is 392 g/mol. The standard InChI is InChI=1S/C10H10N2O.C9H18N2O3S.CH4/c1-2-9-7-5-3-4-6-8(7)10(13)12-11-9;1-8(12)10-5-6-11(15(4,13)14)9(2,3)7-10;/h3-6H,2H2,1H3,(H,12,13);5-7H2,1-4H3;1H4. The van der Waals surface area contributed by atoms with Gasteiger partial charge in [0.15, 0.2) is 0 Å². The Morgan fingerprint density at radius 1 is 1.21 bits per heavy atom. The first-order valence-electron chi connectivity index (χ1n) is 9.17. The summed E-state index contributed by atoms with van der Waals surface area (Å²) in [4.78, 5) is 24.2. The van der Waals surface area contributed by atoms with Gasteiger partial charge in [-0.3, -0.25) is 9.59 Å². The minimum atomic E-state index is -3.19. The van der Waals surface area contributed by atoms with Crippen molar-refractivity contribution in [1.82, 2.24) is 19.4 Å². The van der Waals surface area contributed by atoms with Crippen LogP contribution < -0.4 is 5.56 Å². The van der Waals surface area contributed by atoms with Crippen LogP contribution in [0, 0.1) is 0 Å². The summed E-state index contributed by atoms with van der Waals surface area (Å²) in [5.74, 6) is -0.00349. The van der Waals surface area contributed by atoms with Crippen molar-refractivity contribution in [2.75, 3.05) is 25.9 Å². The number of aromatic amines is 1. The average molecular weight is 425 g/mol. The van der Waals surface area contributed by atoms with Crippen molar-refractivity contribution in [3.8, 4) is 0 Å². The lowest BCUT2D eigenvalue weighted by atomic mass is 10.0. The van der Waals surface area contributed by atoms with Crippen LogP contribution in [0.4, 0.5) is 0 Å². The van der Waals surface area contributed by atoms with Crippen LogP contribution in [-0.2, 0) is 21.2 Å². The summed E-state index contributed by atoms with van der Waals surface area (Å²) < 4.78 is 24.5. The van der Waals surface area contributed by atoms with Crippen LogP contribution in [0.2, 0.25) is 0 Å². The van der Waals surface area contributed by atoms with Gasteiger partial charge in [0.05, 0.1) is 17.3 Å². The maximum Gasteiger partial charge on any atom is 0.272 e. The zero-order valence-corrected chi connectivity index (χ0v) is 17.8. The number of carbonyl (C=O) groups excluding carboxylic acids is 1. The number of sulfonamides is 1. The third-order valence-corrected chi connectivity index (χ3v) is 6.26. The highest BCUT2D eigenvalue weighted by molar-refractivity contribution is 7.88. The number of nitrogens with one attached hydrogen (secondary N) is 1. The van der Waals surface area contributed by atoms with Crippen LogP contribution in [0.3, 0.4) is 0 Å². The molecule has 2 heterocycles. The molecule has 0 unspecified atom stereocenters. The van der Waals surface area contributed by atoms with Crippen LogP contribution in [0.25, 0.3) is 10.8 Å². The smallest absolute Gasteiger partial charge is 0.272 e. The van der Waals surface area contributed by atoms with Gasteiger partial charge in [0, 0.05) is 37.5 Å². The normalized spacial score (nSPS) is 16.5. The quantitative estimate of drug-likeness (QED) is 0.794. The number of fused-ring (bicyclic) bond motifs is 1. The van der Waals surface area contributed by atoms with Crippen molar-refractivity contribution in [3.05, 3.63) is 40.3 Å². The molecule has 1 aromatic heterocycles. The van der Waals surface area contributed by atoms with E-state index in [0.29, 0.717) is 25.0 Å². The van der Waals surface area contributed by atoms with Gasteiger partial charge in [0.25, 0.3) is 5.56 Å². The number of amides is 1. The Bertz CT molecular complexity index is 1010. The molecule has 0 aliphatic carbocycles. The Morgan fingerprint density at radius 2 is 1.79 bits per heavy atom. The predicted molar refractivity (Wildman–Crippen MR) is 116 cm³/mol. The number of benzene rings is 1. The summed E-state index contributed by atoms with van der Waals surface area (Å²) >= 11 is 0. The molecule has 8 nitrogen and oxygen atoms in total. The first-order chi connectivity index (χ1) is 13.0. The molecule has 2 aromatic rings. The van der Waals surface area contributed by atoms with E-state index in [0.717, 1.165) is 17.5 Å². The van der Waals surface area contributed by atoms with E-state index >= 15 is 0 Å². The molecule has 0 bridgehead atoms. The van der Waals surface area contributed by atoms with Crippen molar-refractivity contribution in [1.29, 1.82) is 0 Å². The molecule has 1 amide bonds. The number of hydrogen-bond acceptors (Lipinski definition) is 5. The second kappa shape index (κ2) is 9.49. The summed E-state index contributed by atoms with van der Waals surface area (Å²) in [7, 11) is -3.19. The number of carbonyl (C=O) groups is 1. The van der Waals surface area contributed by atoms with E-state index in [1.807, 2.05) is 45.0 Å². The van der Waals surface area contributed by atoms with Gasteiger partial charge in [-0.1, -0.05) is 32.5 Å². The summed E-state index contributed by atoms with van der Waals surface area (Å²) in [6.07, 6.45) is 2.04. The summed E-state index contributed by atoms with van der Waals surface area (Å²) in [6, 6.07) is 7.52. The minimum Gasteiger partial charge on any atom is -0.340 e. The Morgan fingerprint density at radius 3 is 2.28 bits per heavy atom. The summed E-state index contributed by atoms with van der Waals surface area (Å²) in [5.41, 5.74) is 0.306. The van der Waals surface area contributed by atoms with E-state index in [9.17, 15) is 18.0 Å². The fourth-order valence-electron chi connectivity index (χ4n) is 3.46. The van der Waals surface area contributed by atoms with E-state index in [1.54, 1.807) is 4.90 Å². The van der Waals surface area contributed by atoms with Gasteiger partial charge in [-0.2, -0.15) is 9.40 Å². The Labute approximate surface area is 173 Å². The SMILES string of the molecule is C.CC(=O)N1CCN(S(C)(=O)=O)C(C)(C)C1.CCc1n[nH]c(=O)c2ccccc12. The number of H-pyrrole nitrogens is 1. The van der Waals surface area contributed by atoms with Gasteiger partial charge in [-0.25, -0.2) is 13.5 Å². The highest BCUT2D eigenvalue weighted by Crippen LogP contribution is 2.23. The zero-order valence-electron chi connectivity index (χ0n) is 17.0. The number of nitrogens with zero attached hydrogens (tertiary/aromatic N) is 3. The molecule has 0 atom stereocenters. The molecule has 29 heavy (non-hydrogen) atoms. The Kier molecular flexibility index (Phi) is 8.11. The van der Waals surface area contributed by atoms with Gasteiger partial charge in [0.1, 0.15) is 0 Å². The maximum absolute atomic E-state index is 11.5. The van der Waals surface area contributed by atoms with Gasteiger partial charge in [-0.05, 0) is 26.3 Å². The van der Waals surface area contributed by atoms with Crippen molar-refractivity contribution in [3.63, 3.8) is 0 Å². The topological polar surface area (TPSA) is 103 Å². The van der Waals surface area contributed by atoms with Crippen LogP contribution in [0.1, 0.15) is 40.8 Å². The fourth-order valence-corrected chi connectivity index (χ4v) is 4.83. The van der Waals surface area contributed by atoms with Crippen LogP contribution in [0.5, 0.6) is 0 Å². The van der Waals surface area contributed by atoms with Crippen LogP contribution >= 0.6 is 0 Å². The van der Waals surface area contributed by atoms with Crippen LogP contribution in [0.15, 0.2) is 29.1 Å². The molecule has 0 radical (unpaired) electrons. The number of piperazine rings is 1. The third kappa shape index (κ3) is 5.86. The van der Waals surface area contributed by atoms with Gasteiger partial charge < -0.3 is 4.90 Å². The van der Waals surface area contributed by atoms with Crippen molar-refractivity contribution in [2.24, 2.45) is 0 Å². The first-order valence-corrected chi connectivity index (χ1v) is 11.0. The second-order valence-electron chi connectivity index (χ2n) is 7.49. The molecule has 9 heteroatoms. The van der Waals surface area contributed by atoms with E-state index in [1.165, 1.54) is 17.5 Å². The molecule has 1 N–H and O–H groups in total. The van der Waals surface area contributed by atoms with Gasteiger partial charge in [-0.15, -0.1) is 0 Å². The number of aryl methyl sites for hydroxylation is 1. The highest BCUT2D eigenvalue weighted by atomic mass is 32.2. The van der Waals surface area contributed by atoms with Gasteiger partial charge in [0.2, 0.25) is 15.9 Å². The van der Waals surface area contributed by atoms with Crippen molar-refractivity contribution < 1.29 is 13.2 Å². The van der Waals surface area contributed by atoms with E-state index < -0.39 is 15.6 Å². The lowest BCUT2D eigenvalue weighted by molar-refractivity contribution is -0.132. The fraction of sp³-hybridized carbons (Fsp3) is 0.550. The molecule has 1 saturated heterocycles. The molecule has 0 spiro atoms. The van der Waals surface area contributed by atoms with Crippen molar-refractivity contribution in [2.45, 2.75) is 47.1 Å². The maximum atomic E-state index is 11.5. The summed E-state index contributed by atoms with van der Waals surface area (Å²) in [6.45, 7) is 8.51. The molecule has 0 saturated carbocycles. The largest absolute Gasteiger partial charge is 0.340 e. The Hall–Kier alpha value is -2.26. The van der Waals surface area contributed by atoms with E-state index in [4.69, 9.17) is 0 Å². The lowest BCUT2D eigenvalue weighted by Gasteiger charge is -2.45. The summed E-state index contributed by atoms with van der Waals surface area (Å²) in [5, 5.41) is 8.15. The first kappa shape index (κ1) is 24.8. The minimum absolute atomic E-state index is 0. The number of aromatic nitrogens is 2. The number of hydrogen-bond donors (Lipinski definition) is 1. The molecule has 1 fully saturated rings. The lowest BCUT2D eigenvalue weighted by Crippen LogP contribution is -2.61. The molecular formula is C20H32N4O4S. The molecule has 1 aliphatic heterocycles. The van der Waals surface area contributed by atoms with Crippen molar-refractivity contribution >= 4 is 26.7 Å². The molecule has 1 aliphatic rings. The molecule has 162 valence electrons. The monoisotopic (exact) mass is 424 g/mol. The number of rotatable bonds is 2. The van der Waals surface area contributed by atoms with E-state index in [-0.39, 0.29) is 18.9 Å². The Balaban J connectivity index is 0.000000282. The van der Waals surface area contributed by atoms with Gasteiger partial charge >= 0.3 is 0 Å². The van der Waals surface area contributed by atoms with E-state index in [2.05, 4.69) is 10.2 Å². The molecule has 1 aromatic carbocycles. The third-order valence-electron chi connectivity index (χ3n) is 4.78. The van der Waals surface area contributed by atoms with Crippen LogP contribution in [-0.4, -0.2) is 65.2 Å². The predicted octanol–water partition coefficient (Wildman–Crippen LogP) is 2.01. The second-order valence-corrected chi connectivity index (χ2v) is 9.39.